The lowest BCUT2D eigenvalue weighted by molar-refractivity contribution is 0.200. The van der Waals surface area contributed by atoms with Crippen molar-refractivity contribution in [1.29, 1.82) is 5.41 Å². The number of phenols is 1. The Labute approximate surface area is 267 Å². The summed E-state index contributed by atoms with van der Waals surface area (Å²) in [6.45, 7) is 18.7. The minimum Gasteiger partial charge on any atom is -0.506 e. The number of carbonyl (C=O) groups excluding carboxylic acids is 2. The molecule has 0 aromatic heterocycles. The molecule has 0 saturated carbocycles. The Bertz CT molecular complexity index is 1450. The van der Waals surface area contributed by atoms with Gasteiger partial charge in [-0.25, -0.2) is 15.0 Å². The van der Waals surface area contributed by atoms with Crippen LogP contribution in [0.3, 0.4) is 0 Å². The number of hydrogen-bond acceptors (Lipinski definition) is 6. The predicted octanol–water partition coefficient (Wildman–Crippen LogP) is 9.20. The van der Waals surface area contributed by atoms with Crippen molar-refractivity contribution >= 4 is 40.8 Å². The first-order valence-corrected chi connectivity index (χ1v) is 15.6. The molecule has 0 bridgehead atoms. The third-order valence-corrected chi connectivity index (χ3v) is 8.05. The number of urea groups is 1. The second kappa shape index (κ2) is 17.3. The monoisotopic (exact) mass is 622 g/mol. The number of aryl methyl sites for hydroxylation is 3. The molecule has 0 saturated heterocycles. The molecule has 3 aromatic rings. The first kappa shape index (κ1) is 36.2. The van der Waals surface area contributed by atoms with Gasteiger partial charge in [0.25, 0.3) is 0 Å². The van der Waals surface area contributed by atoms with Crippen LogP contribution in [-0.2, 0) is 4.79 Å². The van der Waals surface area contributed by atoms with Gasteiger partial charge < -0.3 is 20.1 Å². The highest BCUT2D eigenvalue weighted by Crippen LogP contribution is 2.45. The predicted molar refractivity (Wildman–Crippen MR) is 181 cm³/mol. The van der Waals surface area contributed by atoms with Crippen LogP contribution in [0.2, 0.25) is 5.02 Å². The molecule has 0 aliphatic rings. The van der Waals surface area contributed by atoms with E-state index in [2.05, 4.69) is 56.1 Å². The number of nitrogens with zero attached hydrogens (tertiary/aromatic N) is 2. The number of nitrogens with one attached hydrogen (secondary N) is 2. The Morgan fingerprint density at radius 1 is 1.02 bits per heavy atom. The zero-order chi connectivity index (χ0) is 33.0. The molecule has 8 nitrogen and oxygen atoms in total. The van der Waals surface area contributed by atoms with E-state index in [4.69, 9.17) is 26.5 Å². The summed E-state index contributed by atoms with van der Waals surface area (Å²) in [6.07, 6.45) is 2.77. The molecule has 0 heterocycles. The van der Waals surface area contributed by atoms with Gasteiger partial charge in [0.05, 0.1) is 16.4 Å². The quantitative estimate of drug-likeness (QED) is 0.106. The van der Waals surface area contributed by atoms with Crippen molar-refractivity contribution in [1.82, 2.24) is 5.32 Å². The van der Waals surface area contributed by atoms with Crippen molar-refractivity contribution in [3.63, 3.8) is 0 Å². The molecule has 3 N–H and O–H groups in total. The fraction of sp³-hybridized carbons (Fsp3) is 0.429. The number of hydrogen-bond donors (Lipinski definition) is 3. The number of carbonyl (C=O) groups is 1. The van der Waals surface area contributed by atoms with Crippen LogP contribution in [0.25, 0.3) is 0 Å². The van der Waals surface area contributed by atoms with Crippen molar-refractivity contribution < 1.29 is 19.4 Å². The van der Waals surface area contributed by atoms with Gasteiger partial charge in [0.1, 0.15) is 17.6 Å². The van der Waals surface area contributed by atoms with Gasteiger partial charge in [-0.15, -0.1) is 0 Å². The van der Waals surface area contributed by atoms with Crippen LogP contribution in [0, 0.1) is 33.1 Å². The normalized spacial score (nSPS) is 11.1. The van der Waals surface area contributed by atoms with Crippen LogP contribution in [0.5, 0.6) is 11.5 Å². The van der Waals surface area contributed by atoms with Gasteiger partial charge in [-0.1, -0.05) is 49.6 Å². The summed E-state index contributed by atoms with van der Waals surface area (Å²) in [5.74, 6) is 0.727. The average molecular weight is 623 g/mol. The number of rotatable bonds is 12. The minimum atomic E-state index is -0.436. The van der Waals surface area contributed by atoms with Crippen molar-refractivity contribution in [3.8, 4) is 11.5 Å². The summed E-state index contributed by atoms with van der Waals surface area (Å²) in [6, 6.07) is 13.7. The first-order chi connectivity index (χ1) is 21.0. The van der Waals surface area contributed by atoms with Gasteiger partial charge in [0.15, 0.2) is 0 Å². The van der Waals surface area contributed by atoms with Crippen LogP contribution >= 0.6 is 11.6 Å². The lowest BCUT2D eigenvalue weighted by Gasteiger charge is -2.32. The smallest absolute Gasteiger partial charge is 0.326 e. The van der Waals surface area contributed by atoms with E-state index in [0.29, 0.717) is 29.8 Å². The molecule has 238 valence electrons. The van der Waals surface area contributed by atoms with E-state index in [-0.39, 0.29) is 16.8 Å². The van der Waals surface area contributed by atoms with Crippen molar-refractivity contribution in [2.75, 3.05) is 29.4 Å². The molecule has 1 atom stereocenters. The van der Waals surface area contributed by atoms with Gasteiger partial charge in [-0.3, -0.25) is 4.90 Å². The number of benzene rings is 3. The van der Waals surface area contributed by atoms with Gasteiger partial charge in [-0.05, 0) is 101 Å². The lowest BCUT2D eigenvalue weighted by atomic mass is 9.98. The average Bonchev–Trinajstić information content (AvgIpc) is 2.99. The SMILES string of the molecule is CCCCNC(=O)N(c1ccc(N(CC)CC)cc1C)c1c(C(CC)Oc2ccc(C)cc2C)cc(O)c(Cl)c1C.N=C=O. The highest BCUT2D eigenvalue weighted by atomic mass is 35.5. The van der Waals surface area contributed by atoms with Gasteiger partial charge in [0.2, 0.25) is 6.08 Å². The summed E-state index contributed by atoms with van der Waals surface area (Å²) in [5.41, 5.74) is 6.93. The molecule has 0 spiro atoms. The van der Waals surface area contributed by atoms with E-state index >= 15 is 0 Å². The molecule has 0 radical (unpaired) electrons. The van der Waals surface area contributed by atoms with Crippen molar-refractivity contribution in [2.24, 2.45) is 0 Å². The van der Waals surface area contributed by atoms with E-state index in [1.807, 2.05) is 45.9 Å². The Morgan fingerprint density at radius 2 is 1.68 bits per heavy atom. The highest BCUT2D eigenvalue weighted by molar-refractivity contribution is 6.33. The van der Waals surface area contributed by atoms with Crippen molar-refractivity contribution in [3.05, 3.63) is 75.3 Å². The first-order valence-electron chi connectivity index (χ1n) is 15.2. The standard InChI is InChI=1S/C34H46ClN3O3.CHNO/c1-9-13-18-36-34(40)38(28-16-15-26(20-23(28)6)37(11-3)12-4)33-25(8)32(35)29(39)21-27(33)30(10-2)41-31-17-14-22(5)19-24(31)7;2-1-3/h14-17,19-21,30,39H,9-13,18H2,1-8H3,(H,36,40);2H. The molecule has 3 rings (SSSR count). The van der Waals surface area contributed by atoms with E-state index in [0.717, 1.165) is 65.8 Å². The number of halogens is 1. The number of anilines is 3. The zero-order valence-electron chi connectivity index (χ0n) is 27.3. The Hall–Kier alpha value is -4.00. The lowest BCUT2D eigenvalue weighted by Crippen LogP contribution is -2.39. The molecule has 0 aliphatic carbocycles. The molecule has 0 aliphatic heterocycles. The Balaban J connectivity index is 0.00000216. The summed E-state index contributed by atoms with van der Waals surface area (Å²) < 4.78 is 6.58. The molecular formula is C35H47ClN4O4. The summed E-state index contributed by atoms with van der Waals surface area (Å²) in [5, 5.41) is 19.6. The second-order valence-electron chi connectivity index (χ2n) is 10.7. The second-order valence-corrected chi connectivity index (χ2v) is 11.1. The molecule has 44 heavy (non-hydrogen) atoms. The van der Waals surface area contributed by atoms with Gasteiger partial charge in [0, 0.05) is 30.9 Å². The van der Waals surface area contributed by atoms with Gasteiger partial charge >= 0.3 is 6.03 Å². The zero-order valence-corrected chi connectivity index (χ0v) is 28.1. The molecule has 2 amide bonds. The van der Waals surface area contributed by atoms with E-state index in [9.17, 15) is 9.90 Å². The Kier molecular flexibility index (Phi) is 14.3. The fourth-order valence-corrected chi connectivity index (χ4v) is 5.39. The van der Waals surface area contributed by atoms with E-state index in [1.165, 1.54) is 0 Å². The maximum Gasteiger partial charge on any atom is 0.326 e. The topological polar surface area (TPSA) is 106 Å². The summed E-state index contributed by atoms with van der Waals surface area (Å²) in [4.78, 5) is 26.4. The molecular weight excluding hydrogens is 576 g/mol. The largest absolute Gasteiger partial charge is 0.506 e. The fourth-order valence-electron chi connectivity index (χ4n) is 5.24. The minimum absolute atomic E-state index is 0.0365. The number of amides is 2. The van der Waals surface area contributed by atoms with E-state index in [1.54, 1.807) is 11.0 Å². The highest BCUT2D eigenvalue weighted by Gasteiger charge is 2.30. The Morgan fingerprint density at radius 3 is 2.23 bits per heavy atom. The maximum absolute atomic E-state index is 14.0. The number of unbranched alkanes of at least 4 members (excludes halogenated alkanes) is 1. The van der Waals surface area contributed by atoms with Crippen LogP contribution in [0.4, 0.5) is 21.9 Å². The molecule has 3 aromatic carbocycles. The van der Waals surface area contributed by atoms with Gasteiger partial charge in [-0.2, -0.15) is 0 Å². The van der Waals surface area contributed by atoms with Crippen molar-refractivity contribution in [2.45, 2.75) is 80.8 Å². The van der Waals surface area contributed by atoms with Crippen LogP contribution in [-0.4, -0.2) is 36.9 Å². The third kappa shape index (κ3) is 8.77. The molecule has 9 heteroatoms. The third-order valence-electron chi connectivity index (χ3n) is 7.58. The van der Waals surface area contributed by atoms with Crippen LogP contribution in [0.15, 0.2) is 42.5 Å². The molecule has 1 unspecified atom stereocenters. The number of aromatic hydroxyl groups is 1. The van der Waals surface area contributed by atoms with E-state index < -0.39 is 6.10 Å². The number of ether oxygens (including phenoxy) is 1. The van der Waals surface area contributed by atoms with Crippen LogP contribution in [0.1, 0.15) is 80.9 Å². The number of isocyanates is 1. The summed E-state index contributed by atoms with van der Waals surface area (Å²) >= 11 is 6.66. The summed E-state index contributed by atoms with van der Waals surface area (Å²) in [7, 11) is 0. The van der Waals surface area contributed by atoms with Crippen LogP contribution < -0.4 is 19.9 Å². The maximum atomic E-state index is 14.0. The number of phenolic OH excluding ortho intramolecular Hbond substituents is 1. The molecule has 0 fully saturated rings.